The lowest BCUT2D eigenvalue weighted by Crippen LogP contribution is -2.13. The van der Waals surface area contributed by atoms with Gasteiger partial charge in [0.2, 0.25) is 5.28 Å². The molecule has 9 heteroatoms. The predicted molar refractivity (Wildman–Crippen MR) is 101 cm³/mol. The van der Waals surface area contributed by atoms with Gasteiger partial charge >= 0.3 is 0 Å². The number of nitrogens with one attached hydrogen (secondary N) is 1. The zero-order valence-electron chi connectivity index (χ0n) is 12.3. The van der Waals surface area contributed by atoms with Crippen LogP contribution in [0.4, 0.5) is 11.5 Å². The van der Waals surface area contributed by atoms with E-state index in [0.717, 1.165) is 22.0 Å². The summed E-state index contributed by atoms with van der Waals surface area (Å²) in [4.78, 5) is 16.8. The molecular formula is C14H12Cl2N5PS. The number of anilines is 2. The smallest absolute Gasteiger partial charge is 0.224 e. The van der Waals surface area contributed by atoms with Crippen molar-refractivity contribution in [3.63, 3.8) is 0 Å². The number of nitrogens with zero attached hydrogens (tertiary/aromatic N) is 4. The first kappa shape index (κ1) is 16.5. The molecule has 1 N–H and O–H groups in total. The van der Waals surface area contributed by atoms with Gasteiger partial charge in [-0.05, 0) is 43.1 Å². The molecule has 0 aliphatic rings. The van der Waals surface area contributed by atoms with Crippen molar-refractivity contribution in [3.8, 4) is 0 Å². The lowest BCUT2D eigenvalue weighted by molar-refractivity contribution is 1.17. The molecule has 3 rings (SSSR count). The highest BCUT2D eigenvalue weighted by atomic mass is 35.5. The zero-order valence-corrected chi connectivity index (χ0v) is 15.5. The molecule has 5 nitrogen and oxygen atoms in total. The molecule has 0 unspecified atom stereocenters. The summed E-state index contributed by atoms with van der Waals surface area (Å²) in [5.41, 5.74) is 2.41. The van der Waals surface area contributed by atoms with Gasteiger partial charge in [-0.2, -0.15) is 4.98 Å². The normalized spacial score (nSPS) is 11.7. The van der Waals surface area contributed by atoms with Crippen molar-refractivity contribution in [3.05, 3.63) is 41.0 Å². The van der Waals surface area contributed by atoms with Gasteiger partial charge < -0.3 is 5.32 Å². The Kier molecular flexibility index (Phi) is 4.52. The fourth-order valence-corrected chi connectivity index (χ4v) is 4.45. The molecule has 2 heterocycles. The van der Waals surface area contributed by atoms with Crippen LogP contribution in [-0.4, -0.2) is 33.3 Å². The average Bonchev–Trinajstić information content (AvgIpc) is 2.49. The minimum Gasteiger partial charge on any atom is -0.338 e. The first-order chi connectivity index (χ1) is 10.9. The van der Waals surface area contributed by atoms with Gasteiger partial charge in [-0.25, -0.2) is 4.98 Å². The van der Waals surface area contributed by atoms with Gasteiger partial charge in [-0.1, -0.05) is 23.4 Å². The van der Waals surface area contributed by atoms with Crippen molar-refractivity contribution in [1.82, 2.24) is 19.9 Å². The number of benzene rings is 1. The summed E-state index contributed by atoms with van der Waals surface area (Å²) in [7, 11) is 0. The molecular weight excluding hydrogens is 372 g/mol. The molecule has 0 saturated heterocycles. The molecule has 0 amide bonds. The maximum atomic E-state index is 6.14. The summed E-state index contributed by atoms with van der Waals surface area (Å²) in [5, 5.41) is 4.66. The number of halogens is 2. The van der Waals surface area contributed by atoms with E-state index in [1.165, 1.54) is 6.20 Å². The number of fused-ring (bicyclic) bond motifs is 1. The van der Waals surface area contributed by atoms with Gasteiger partial charge in [0, 0.05) is 17.7 Å². The third-order valence-corrected chi connectivity index (χ3v) is 5.66. The lowest BCUT2D eigenvalue weighted by atomic mass is 10.2. The highest BCUT2D eigenvalue weighted by Gasteiger charge is 2.19. The summed E-state index contributed by atoms with van der Waals surface area (Å²) < 4.78 is 0. The molecule has 23 heavy (non-hydrogen) atoms. The summed E-state index contributed by atoms with van der Waals surface area (Å²) in [5.74, 6) is 0.430. The second-order valence-electron chi connectivity index (χ2n) is 5.20. The van der Waals surface area contributed by atoms with Crippen LogP contribution >= 0.6 is 29.2 Å². The molecule has 0 bridgehead atoms. The average molecular weight is 384 g/mol. The Balaban J connectivity index is 2.21. The van der Waals surface area contributed by atoms with E-state index in [1.54, 1.807) is 12.4 Å². The van der Waals surface area contributed by atoms with E-state index in [-0.39, 0.29) is 5.28 Å². The molecule has 1 aromatic carbocycles. The largest absolute Gasteiger partial charge is 0.338 e. The monoisotopic (exact) mass is 383 g/mol. The number of rotatable bonds is 3. The second kappa shape index (κ2) is 6.29. The van der Waals surface area contributed by atoms with Gasteiger partial charge in [0.15, 0.2) is 5.82 Å². The molecule has 0 aliphatic carbocycles. The lowest BCUT2D eigenvalue weighted by Gasteiger charge is -2.19. The summed E-state index contributed by atoms with van der Waals surface area (Å²) in [6.45, 7) is 4.09. The summed E-state index contributed by atoms with van der Waals surface area (Å²) >= 11 is 17.7. The van der Waals surface area contributed by atoms with E-state index in [0.29, 0.717) is 10.8 Å². The Bertz CT molecular complexity index is 944. The molecule has 0 saturated carbocycles. The van der Waals surface area contributed by atoms with Crippen LogP contribution in [0.25, 0.3) is 11.0 Å². The van der Waals surface area contributed by atoms with Crippen molar-refractivity contribution >= 4 is 68.9 Å². The molecule has 0 spiro atoms. The topological polar surface area (TPSA) is 63.6 Å². The highest BCUT2D eigenvalue weighted by molar-refractivity contribution is 8.17. The van der Waals surface area contributed by atoms with Crippen LogP contribution in [0.1, 0.15) is 0 Å². The SMILES string of the molecule is CP(C)(=S)c1c(Nc2nc(Cl)ncc2Cl)ccc2nccnc12. The second-order valence-corrected chi connectivity index (χ2v) is 11.8. The van der Waals surface area contributed by atoms with Crippen LogP contribution in [0.2, 0.25) is 10.3 Å². The van der Waals surface area contributed by atoms with Crippen molar-refractivity contribution in [2.75, 3.05) is 18.6 Å². The Labute approximate surface area is 148 Å². The molecule has 0 fully saturated rings. The molecule has 0 aliphatic heterocycles. The minimum atomic E-state index is -1.82. The van der Waals surface area contributed by atoms with Crippen LogP contribution in [-0.2, 0) is 11.8 Å². The first-order valence-electron chi connectivity index (χ1n) is 6.60. The third kappa shape index (κ3) is 3.45. The fraction of sp³-hybridized carbons (Fsp3) is 0.143. The number of hydrogen-bond acceptors (Lipinski definition) is 6. The maximum absolute atomic E-state index is 6.14. The summed E-state index contributed by atoms with van der Waals surface area (Å²) in [6, 6.07) is 1.98. The van der Waals surface area contributed by atoms with E-state index in [2.05, 4.69) is 25.3 Å². The van der Waals surface area contributed by atoms with Crippen LogP contribution in [0, 0.1) is 0 Å². The number of aromatic nitrogens is 4. The van der Waals surface area contributed by atoms with Crippen LogP contribution in [0.3, 0.4) is 0 Å². The van der Waals surface area contributed by atoms with Gasteiger partial charge in [0.1, 0.15) is 5.02 Å². The standard InChI is InChI=1S/C14H12Cl2N5PS/c1-22(2,23)12-10(4-3-9-11(12)18-6-5-17-9)20-13-8(15)7-19-14(16)21-13/h3-7H,1-2H3,(H,19,20,21). The van der Waals surface area contributed by atoms with Crippen molar-refractivity contribution in [1.29, 1.82) is 0 Å². The van der Waals surface area contributed by atoms with E-state index in [9.17, 15) is 0 Å². The van der Waals surface area contributed by atoms with E-state index >= 15 is 0 Å². The Morgan fingerprint density at radius 3 is 2.57 bits per heavy atom. The van der Waals surface area contributed by atoms with E-state index in [1.807, 2.05) is 25.5 Å². The molecule has 118 valence electrons. The van der Waals surface area contributed by atoms with Crippen LogP contribution < -0.4 is 10.6 Å². The van der Waals surface area contributed by atoms with Gasteiger partial charge in [-0.15, -0.1) is 0 Å². The fourth-order valence-electron chi connectivity index (χ4n) is 2.23. The van der Waals surface area contributed by atoms with E-state index < -0.39 is 6.04 Å². The minimum absolute atomic E-state index is 0.117. The molecule has 3 aromatic rings. The van der Waals surface area contributed by atoms with Crippen molar-refractivity contribution < 1.29 is 0 Å². The van der Waals surface area contributed by atoms with E-state index in [4.69, 9.17) is 35.0 Å². The maximum Gasteiger partial charge on any atom is 0.224 e. The zero-order chi connectivity index (χ0) is 16.6. The van der Waals surface area contributed by atoms with Gasteiger partial charge in [0.05, 0.1) is 22.9 Å². The third-order valence-electron chi connectivity index (χ3n) is 3.12. The van der Waals surface area contributed by atoms with Crippen LogP contribution in [0.15, 0.2) is 30.7 Å². The Morgan fingerprint density at radius 1 is 1.09 bits per heavy atom. The van der Waals surface area contributed by atoms with Crippen molar-refractivity contribution in [2.45, 2.75) is 0 Å². The van der Waals surface area contributed by atoms with Crippen molar-refractivity contribution in [2.24, 2.45) is 0 Å². The highest BCUT2D eigenvalue weighted by Crippen LogP contribution is 2.41. The quantitative estimate of drug-likeness (QED) is 0.547. The van der Waals surface area contributed by atoms with Gasteiger partial charge in [0.25, 0.3) is 0 Å². The molecule has 0 atom stereocenters. The summed E-state index contributed by atoms with van der Waals surface area (Å²) in [6.07, 6.45) is 4.78. The van der Waals surface area contributed by atoms with Gasteiger partial charge in [-0.3, -0.25) is 9.97 Å². The predicted octanol–water partition coefficient (Wildman–Crippen LogP) is 3.83. The Morgan fingerprint density at radius 2 is 1.83 bits per heavy atom. The molecule has 2 aromatic heterocycles. The number of hydrogen-bond donors (Lipinski definition) is 1. The molecule has 0 radical (unpaired) electrons. The Hall–Kier alpha value is -1.33. The first-order valence-corrected chi connectivity index (χ1v) is 11.1. The van der Waals surface area contributed by atoms with Crippen LogP contribution in [0.5, 0.6) is 0 Å².